The molecule has 1 N–H and O–H groups in total. The minimum Gasteiger partial charge on any atom is -0.494 e. The number of ether oxygens (including phenoxy) is 2. The normalized spacial score (nSPS) is 23.4. The van der Waals surface area contributed by atoms with Gasteiger partial charge < -0.3 is 14.6 Å². The van der Waals surface area contributed by atoms with Crippen molar-refractivity contribution in [1.29, 1.82) is 0 Å². The molecule has 1 aromatic rings. The second kappa shape index (κ2) is 4.63. The average Bonchev–Trinajstić information content (AvgIpc) is 2.83. The van der Waals surface area contributed by atoms with Crippen LogP contribution in [-0.2, 0) is 10.3 Å². The van der Waals surface area contributed by atoms with E-state index in [0.29, 0.717) is 13.2 Å². The van der Waals surface area contributed by atoms with E-state index in [2.05, 4.69) is 0 Å². The Bertz CT molecular complexity index is 398. The molecule has 0 spiro atoms. The third-order valence-corrected chi connectivity index (χ3v) is 3.45. The first-order valence-electron chi connectivity index (χ1n) is 5.70. The predicted octanol–water partition coefficient (Wildman–Crippen LogP) is 2.08. The van der Waals surface area contributed by atoms with Crippen LogP contribution in [0, 0.1) is 11.7 Å². The molecule has 4 heteroatoms. The van der Waals surface area contributed by atoms with Crippen LogP contribution < -0.4 is 4.74 Å². The molecular formula is C13H17FO3. The summed E-state index contributed by atoms with van der Waals surface area (Å²) >= 11 is 0. The van der Waals surface area contributed by atoms with E-state index in [4.69, 9.17) is 9.47 Å². The van der Waals surface area contributed by atoms with E-state index in [9.17, 15) is 9.50 Å². The van der Waals surface area contributed by atoms with Gasteiger partial charge in [0.1, 0.15) is 0 Å². The molecule has 94 valence electrons. The van der Waals surface area contributed by atoms with E-state index >= 15 is 0 Å². The highest BCUT2D eigenvalue weighted by Gasteiger charge is 2.38. The van der Waals surface area contributed by atoms with Crippen LogP contribution in [0.3, 0.4) is 0 Å². The molecule has 1 aliphatic heterocycles. The van der Waals surface area contributed by atoms with E-state index in [-0.39, 0.29) is 17.2 Å². The van der Waals surface area contributed by atoms with Crippen molar-refractivity contribution in [3.05, 3.63) is 29.6 Å². The monoisotopic (exact) mass is 240 g/mol. The molecule has 0 amide bonds. The number of hydrogen-bond donors (Lipinski definition) is 1. The van der Waals surface area contributed by atoms with Gasteiger partial charge in [0.25, 0.3) is 0 Å². The molecule has 0 radical (unpaired) electrons. The molecule has 2 atom stereocenters. The fourth-order valence-electron chi connectivity index (χ4n) is 2.26. The molecule has 1 aromatic carbocycles. The lowest BCUT2D eigenvalue weighted by atomic mass is 9.82. The zero-order valence-electron chi connectivity index (χ0n) is 10.1. The summed E-state index contributed by atoms with van der Waals surface area (Å²) in [5.74, 6) is -0.419. The Hall–Kier alpha value is -1.13. The van der Waals surface area contributed by atoms with Crippen molar-refractivity contribution in [2.24, 2.45) is 5.92 Å². The first-order valence-corrected chi connectivity index (χ1v) is 5.70. The lowest BCUT2D eigenvalue weighted by Crippen LogP contribution is -2.33. The third-order valence-electron chi connectivity index (χ3n) is 3.45. The van der Waals surface area contributed by atoms with Crippen LogP contribution in [0.1, 0.15) is 18.9 Å². The van der Waals surface area contributed by atoms with Crippen LogP contribution in [0.4, 0.5) is 4.39 Å². The SMILES string of the molecule is COc1cccc(C(C)(O)C2CCOC2)c1F. The number of methoxy groups -OCH3 is 1. The summed E-state index contributed by atoms with van der Waals surface area (Å²) in [7, 11) is 1.41. The Balaban J connectivity index is 2.38. The standard InChI is InChI=1S/C13H17FO3/c1-13(15,9-6-7-17-8-9)10-4-3-5-11(16-2)12(10)14/h3-5,9,15H,6-8H2,1-2H3. The van der Waals surface area contributed by atoms with Gasteiger partial charge in [-0.25, -0.2) is 4.39 Å². The van der Waals surface area contributed by atoms with Crippen LogP contribution in [0.5, 0.6) is 5.75 Å². The summed E-state index contributed by atoms with van der Waals surface area (Å²) < 4.78 is 24.3. The minimum absolute atomic E-state index is 0.0795. The van der Waals surface area contributed by atoms with Gasteiger partial charge in [0.05, 0.1) is 19.3 Å². The van der Waals surface area contributed by atoms with Gasteiger partial charge >= 0.3 is 0 Å². The molecule has 0 aliphatic carbocycles. The number of benzene rings is 1. The first kappa shape index (κ1) is 12.3. The van der Waals surface area contributed by atoms with Gasteiger partial charge in [0.15, 0.2) is 11.6 Å². The summed E-state index contributed by atoms with van der Waals surface area (Å²) in [6.45, 7) is 2.71. The van der Waals surface area contributed by atoms with Crippen LogP contribution >= 0.6 is 0 Å². The van der Waals surface area contributed by atoms with E-state index in [1.165, 1.54) is 7.11 Å². The third kappa shape index (κ3) is 2.15. The van der Waals surface area contributed by atoms with Crippen molar-refractivity contribution >= 4 is 0 Å². The molecule has 0 bridgehead atoms. The summed E-state index contributed by atoms with van der Waals surface area (Å²) in [5, 5.41) is 10.5. The van der Waals surface area contributed by atoms with Gasteiger partial charge in [-0.15, -0.1) is 0 Å². The minimum atomic E-state index is -1.23. The molecule has 1 saturated heterocycles. The summed E-state index contributed by atoms with van der Waals surface area (Å²) in [6.07, 6.45) is 0.740. The number of aliphatic hydroxyl groups is 1. The molecule has 1 aliphatic rings. The van der Waals surface area contributed by atoms with E-state index in [1.807, 2.05) is 0 Å². The quantitative estimate of drug-likeness (QED) is 0.879. The smallest absolute Gasteiger partial charge is 0.171 e. The van der Waals surface area contributed by atoms with Gasteiger partial charge in [-0.1, -0.05) is 12.1 Å². The van der Waals surface area contributed by atoms with E-state index in [0.717, 1.165) is 6.42 Å². The molecule has 3 nitrogen and oxygen atoms in total. The zero-order chi connectivity index (χ0) is 12.5. The van der Waals surface area contributed by atoms with Crippen LogP contribution in [-0.4, -0.2) is 25.4 Å². The predicted molar refractivity (Wildman–Crippen MR) is 61.4 cm³/mol. The molecule has 0 saturated carbocycles. The van der Waals surface area contributed by atoms with Crippen molar-refractivity contribution in [3.63, 3.8) is 0 Å². The highest BCUT2D eigenvalue weighted by atomic mass is 19.1. The highest BCUT2D eigenvalue weighted by molar-refractivity contribution is 5.35. The molecule has 1 fully saturated rings. The molecule has 2 unspecified atom stereocenters. The van der Waals surface area contributed by atoms with Gasteiger partial charge in [-0.2, -0.15) is 0 Å². The van der Waals surface area contributed by atoms with Gasteiger partial charge in [-0.3, -0.25) is 0 Å². The molecule has 2 rings (SSSR count). The lowest BCUT2D eigenvalue weighted by molar-refractivity contribution is -0.0129. The number of halogens is 1. The second-order valence-electron chi connectivity index (χ2n) is 4.53. The van der Waals surface area contributed by atoms with E-state index < -0.39 is 11.4 Å². The van der Waals surface area contributed by atoms with Crippen LogP contribution in [0.25, 0.3) is 0 Å². The maximum atomic E-state index is 14.1. The maximum Gasteiger partial charge on any atom is 0.171 e. The molecule has 1 heterocycles. The topological polar surface area (TPSA) is 38.7 Å². The number of hydrogen-bond acceptors (Lipinski definition) is 3. The number of rotatable bonds is 3. The fourth-order valence-corrected chi connectivity index (χ4v) is 2.26. The van der Waals surface area contributed by atoms with Gasteiger partial charge in [-0.05, 0) is 19.4 Å². The second-order valence-corrected chi connectivity index (χ2v) is 4.53. The van der Waals surface area contributed by atoms with Gasteiger partial charge in [0.2, 0.25) is 0 Å². The average molecular weight is 240 g/mol. The Labute approximate surface area is 100 Å². The Morgan fingerprint density at radius 1 is 1.53 bits per heavy atom. The summed E-state index contributed by atoms with van der Waals surface area (Å²) in [6, 6.07) is 4.82. The van der Waals surface area contributed by atoms with Crippen molar-refractivity contribution < 1.29 is 19.0 Å². The van der Waals surface area contributed by atoms with Crippen LogP contribution in [0.15, 0.2) is 18.2 Å². The van der Waals surface area contributed by atoms with Crippen molar-refractivity contribution in [2.75, 3.05) is 20.3 Å². The molecule has 0 aromatic heterocycles. The molecule has 17 heavy (non-hydrogen) atoms. The largest absolute Gasteiger partial charge is 0.494 e. The lowest BCUT2D eigenvalue weighted by Gasteiger charge is -2.30. The Kier molecular flexibility index (Phi) is 3.35. The highest BCUT2D eigenvalue weighted by Crippen LogP contribution is 2.37. The Morgan fingerprint density at radius 2 is 2.29 bits per heavy atom. The van der Waals surface area contributed by atoms with Crippen molar-refractivity contribution in [2.45, 2.75) is 18.9 Å². The van der Waals surface area contributed by atoms with Crippen molar-refractivity contribution in [1.82, 2.24) is 0 Å². The Morgan fingerprint density at radius 3 is 2.88 bits per heavy atom. The first-order chi connectivity index (χ1) is 8.07. The summed E-state index contributed by atoms with van der Waals surface area (Å²) in [5.41, 5.74) is -0.956. The molecular weight excluding hydrogens is 223 g/mol. The fraction of sp³-hybridized carbons (Fsp3) is 0.538. The van der Waals surface area contributed by atoms with Crippen LogP contribution in [0.2, 0.25) is 0 Å². The van der Waals surface area contributed by atoms with Crippen molar-refractivity contribution in [3.8, 4) is 5.75 Å². The maximum absolute atomic E-state index is 14.1. The van der Waals surface area contributed by atoms with Gasteiger partial charge in [0, 0.05) is 18.1 Å². The summed E-state index contributed by atoms with van der Waals surface area (Å²) in [4.78, 5) is 0. The zero-order valence-corrected chi connectivity index (χ0v) is 10.1. The van der Waals surface area contributed by atoms with E-state index in [1.54, 1.807) is 25.1 Å².